The van der Waals surface area contributed by atoms with Gasteiger partial charge in [0.15, 0.2) is 0 Å². The number of carbonyl (C=O) groups excluding carboxylic acids is 1. The predicted molar refractivity (Wildman–Crippen MR) is 110 cm³/mol. The molecule has 0 spiro atoms. The van der Waals surface area contributed by atoms with Crippen molar-refractivity contribution >= 4 is 16.8 Å². The molecule has 1 heterocycles. The van der Waals surface area contributed by atoms with Crippen LogP contribution in [0.2, 0.25) is 0 Å². The van der Waals surface area contributed by atoms with Crippen molar-refractivity contribution in [2.24, 2.45) is 0 Å². The fourth-order valence-corrected chi connectivity index (χ4v) is 3.21. The number of aromatic nitrogens is 2. The summed E-state index contributed by atoms with van der Waals surface area (Å²) in [5.74, 6) is 0.753. The summed E-state index contributed by atoms with van der Waals surface area (Å²) in [5, 5.41) is 0.579. The van der Waals surface area contributed by atoms with E-state index in [2.05, 4.69) is 4.98 Å². The normalized spacial score (nSPS) is 12.0. The van der Waals surface area contributed by atoms with Gasteiger partial charge in [-0.1, -0.05) is 24.3 Å². The third kappa shape index (κ3) is 3.91. The highest BCUT2D eigenvalue weighted by molar-refractivity contribution is 5.80. The van der Waals surface area contributed by atoms with Gasteiger partial charge in [0.1, 0.15) is 5.75 Å². The molecule has 6 heteroatoms. The number of aryl methyl sites for hydroxylation is 2. The van der Waals surface area contributed by atoms with Crippen LogP contribution < -0.4 is 10.3 Å². The molecule has 1 aromatic heterocycles. The second kappa shape index (κ2) is 8.25. The highest BCUT2D eigenvalue weighted by Crippen LogP contribution is 2.22. The van der Waals surface area contributed by atoms with Crippen LogP contribution in [0.3, 0.4) is 0 Å². The first kappa shape index (κ1) is 19.6. The summed E-state index contributed by atoms with van der Waals surface area (Å²) in [4.78, 5) is 31.4. The zero-order valence-corrected chi connectivity index (χ0v) is 16.7. The van der Waals surface area contributed by atoms with E-state index in [0.717, 1.165) is 16.9 Å². The van der Waals surface area contributed by atoms with Crippen molar-refractivity contribution in [3.05, 3.63) is 70.3 Å². The minimum absolute atomic E-state index is 0.0282. The molecule has 0 N–H and O–H groups in total. The molecule has 3 aromatic rings. The minimum Gasteiger partial charge on any atom is -0.497 e. The van der Waals surface area contributed by atoms with E-state index in [0.29, 0.717) is 17.4 Å². The maximum Gasteiger partial charge on any atom is 0.261 e. The van der Waals surface area contributed by atoms with E-state index < -0.39 is 0 Å². The zero-order valence-electron chi connectivity index (χ0n) is 16.7. The van der Waals surface area contributed by atoms with E-state index in [1.165, 1.54) is 10.9 Å². The standard InChI is InChI=1S/C22H25N3O3/c1-15-6-5-7-19-21(15)23-14-25(22(19)27)13-12-20(26)24(3)16(2)17-8-10-18(28-4)11-9-17/h5-11,14,16H,12-13H2,1-4H3. The molecule has 3 rings (SSSR count). The molecule has 1 atom stereocenters. The molecule has 1 amide bonds. The topological polar surface area (TPSA) is 64.4 Å². The highest BCUT2D eigenvalue weighted by Gasteiger charge is 2.18. The summed E-state index contributed by atoms with van der Waals surface area (Å²) in [6.07, 6.45) is 1.76. The Morgan fingerprint density at radius 3 is 2.61 bits per heavy atom. The number of benzene rings is 2. The molecule has 0 radical (unpaired) electrons. The van der Waals surface area contributed by atoms with Crippen LogP contribution in [0.1, 0.15) is 30.5 Å². The molecule has 0 saturated heterocycles. The van der Waals surface area contributed by atoms with Gasteiger partial charge < -0.3 is 9.64 Å². The van der Waals surface area contributed by atoms with Gasteiger partial charge in [-0.25, -0.2) is 4.98 Å². The third-order valence-corrected chi connectivity index (χ3v) is 5.19. The van der Waals surface area contributed by atoms with Gasteiger partial charge in [-0.2, -0.15) is 0 Å². The van der Waals surface area contributed by atoms with Crippen LogP contribution in [0, 0.1) is 6.92 Å². The molecule has 0 bridgehead atoms. The van der Waals surface area contributed by atoms with Crippen molar-refractivity contribution in [3.63, 3.8) is 0 Å². The van der Waals surface area contributed by atoms with Gasteiger partial charge in [-0.15, -0.1) is 0 Å². The van der Waals surface area contributed by atoms with Crippen molar-refractivity contribution in [2.45, 2.75) is 32.9 Å². The molecule has 2 aromatic carbocycles. The first-order valence-corrected chi connectivity index (χ1v) is 9.26. The lowest BCUT2D eigenvalue weighted by Gasteiger charge is -2.25. The molecule has 0 aliphatic rings. The molecule has 28 heavy (non-hydrogen) atoms. The van der Waals surface area contributed by atoms with Crippen LogP contribution in [-0.2, 0) is 11.3 Å². The number of hydrogen-bond donors (Lipinski definition) is 0. The van der Waals surface area contributed by atoms with E-state index in [-0.39, 0.29) is 23.9 Å². The van der Waals surface area contributed by atoms with Crippen molar-refractivity contribution < 1.29 is 9.53 Å². The molecule has 1 unspecified atom stereocenters. The maximum absolute atomic E-state index is 12.7. The van der Waals surface area contributed by atoms with Gasteiger partial charge in [0, 0.05) is 20.0 Å². The summed E-state index contributed by atoms with van der Waals surface area (Å²) < 4.78 is 6.68. The molecule has 6 nitrogen and oxygen atoms in total. The number of carbonyl (C=O) groups is 1. The minimum atomic E-state index is -0.118. The summed E-state index contributed by atoms with van der Waals surface area (Å²) in [6, 6.07) is 13.1. The van der Waals surface area contributed by atoms with Crippen molar-refractivity contribution in [3.8, 4) is 5.75 Å². The molecule has 0 saturated carbocycles. The van der Waals surface area contributed by atoms with Gasteiger partial charge in [0.2, 0.25) is 5.91 Å². The van der Waals surface area contributed by atoms with Crippen LogP contribution >= 0.6 is 0 Å². The number of para-hydroxylation sites is 1. The smallest absolute Gasteiger partial charge is 0.261 e. The van der Waals surface area contributed by atoms with Crippen LogP contribution in [0.4, 0.5) is 0 Å². The number of ether oxygens (including phenoxy) is 1. The third-order valence-electron chi connectivity index (χ3n) is 5.19. The molecule has 0 fully saturated rings. The SMILES string of the molecule is COc1ccc(C(C)N(C)C(=O)CCn2cnc3c(C)cccc3c2=O)cc1. The van der Waals surface area contributed by atoms with Gasteiger partial charge >= 0.3 is 0 Å². The van der Waals surface area contributed by atoms with Crippen LogP contribution in [0.25, 0.3) is 10.9 Å². The zero-order chi connectivity index (χ0) is 20.3. The van der Waals surface area contributed by atoms with Gasteiger partial charge in [0.05, 0.1) is 30.4 Å². The Morgan fingerprint density at radius 2 is 1.93 bits per heavy atom. The van der Waals surface area contributed by atoms with Crippen LogP contribution in [0.5, 0.6) is 5.75 Å². The molecule has 0 aliphatic carbocycles. The van der Waals surface area contributed by atoms with E-state index in [4.69, 9.17) is 4.74 Å². The number of methoxy groups -OCH3 is 1. The van der Waals surface area contributed by atoms with E-state index in [9.17, 15) is 9.59 Å². The Balaban J connectivity index is 1.70. The molecular formula is C22H25N3O3. The van der Waals surface area contributed by atoms with Crippen molar-refractivity contribution in [1.29, 1.82) is 0 Å². The van der Waals surface area contributed by atoms with Crippen molar-refractivity contribution in [2.75, 3.05) is 14.2 Å². The average molecular weight is 379 g/mol. The number of hydrogen-bond acceptors (Lipinski definition) is 4. The lowest BCUT2D eigenvalue weighted by Crippen LogP contribution is -2.31. The van der Waals surface area contributed by atoms with E-state index >= 15 is 0 Å². The Morgan fingerprint density at radius 1 is 1.21 bits per heavy atom. The summed E-state index contributed by atoms with van der Waals surface area (Å²) in [7, 11) is 3.40. The van der Waals surface area contributed by atoms with Gasteiger partial charge in [-0.05, 0) is 43.2 Å². The van der Waals surface area contributed by atoms with E-state index in [1.807, 2.05) is 50.2 Å². The lowest BCUT2D eigenvalue weighted by molar-refractivity contribution is -0.132. The second-order valence-corrected chi connectivity index (χ2v) is 6.92. The summed E-state index contributed by atoms with van der Waals surface area (Å²) >= 11 is 0. The van der Waals surface area contributed by atoms with Crippen molar-refractivity contribution in [1.82, 2.24) is 14.5 Å². The summed E-state index contributed by atoms with van der Waals surface area (Å²) in [6.45, 7) is 4.21. The Bertz CT molecular complexity index is 1040. The van der Waals surface area contributed by atoms with Crippen LogP contribution in [-0.4, -0.2) is 34.5 Å². The Labute approximate surface area is 164 Å². The molecule has 146 valence electrons. The number of fused-ring (bicyclic) bond motifs is 1. The molecule has 0 aliphatic heterocycles. The van der Waals surface area contributed by atoms with Gasteiger partial charge in [-0.3, -0.25) is 14.2 Å². The largest absolute Gasteiger partial charge is 0.497 e. The first-order chi connectivity index (χ1) is 13.4. The Hall–Kier alpha value is -3.15. The number of amides is 1. The molecular weight excluding hydrogens is 354 g/mol. The maximum atomic E-state index is 12.7. The fraction of sp³-hybridized carbons (Fsp3) is 0.318. The van der Waals surface area contributed by atoms with Crippen LogP contribution in [0.15, 0.2) is 53.6 Å². The average Bonchev–Trinajstić information content (AvgIpc) is 2.72. The first-order valence-electron chi connectivity index (χ1n) is 9.26. The Kier molecular flexibility index (Phi) is 5.78. The summed E-state index contributed by atoms with van der Waals surface area (Å²) in [5.41, 5.74) is 2.58. The number of nitrogens with zero attached hydrogens (tertiary/aromatic N) is 3. The highest BCUT2D eigenvalue weighted by atomic mass is 16.5. The predicted octanol–water partition coefficient (Wildman–Crippen LogP) is 3.32. The van der Waals surface area contributed by atoms with E-state index in [1.54, 1.807) is 25.1 Å². The second-order valence-electron chi connectivity index (χ2n) is 6.92. The van der Waals surface area contributed by atoms with Gasteiger partial charge in [0.25, 0.3) is 5.56 Å². The monoisotopic (exact) mass is 379 g/mol. The quantitative estimate of drug-likeness (QED) is 0.659. The fourth-order valence-electron chi connectivity index (χ4n) is 3.21. The lowest BCUT2D eigenvalue weighted by atomic mass is 10.1. The number of rotatable bonds is 6.